The van der Waals surface area contributed by atoms with Gasteiger partial charge in [-0.15, -0.1) is 0 Å². The second-order valence-electron chi connectivity index (χ2n) is 8.15. The highest BCUT2D eigenvalue weighted by molar-refractivity contribution is 7.99. The molecule has 1 amide bonds. The lowest BCUT2D eigenvalue weighted by atomic mass is 9.78. The van der Waals surface area contributed by atoms with Crippen molar-refractivity contribution in [3.8, 4) is 0 Å². The summed E-state index contributed by atoms with van der Waals surface area (Å²) >= 11 is 1.34. The number of benzene rings is 1. The molecule has 1 aromatic heterocycles. The molecule has 0 bridgehead atoms. The zero-order valence-electron chi connectivity index (χ0n) is 18.2. The Balaban J connectivity index is 1.71. The number of nitrogens with one attached hydrogen (secondary N) is 1. The molecule has 1 saturated carbocycles. The molecule has 0 saturated heterocycles. The first-order valence-electron chi connectivity index (χ1n) is 11.0. The van der Waals surface area contributed by atoms with E-state index in [-0.39, 0.29) is 23.3 Å². The van der Waals surface area contributed by atoms with E-state index >= 15 is 0 Å². The smallest absolute Gasteiger partial charge is 0.262 e. The van der Waals surface area contributed by atoms with Gasteiger partial charge >= 0.3 is 0 Å². The van der Waals surface area contributed by atoms with Gasteiger partial charge in [-0.05, 0) is 43.7 Å². The maximum absolute atomic E-state index is 13.0. The van der Waals surface area contributed by atoms with E-state index in [0.29, 0.717) is 47.7 Å². The molecule has 1 aliphatic rings. The maximum atomic E-state index is 13.0. The lowest BCUT2D eigenvalue weighted by Gasteiger charge is -2.34. The Morgan fingerprint density at radius 3 is 2.90 bits per heavy atom. The number of carbonyl (C=O) groups is 1. The van der Waals surface area contributed by atoms with Crippen molar-refractivity contribution >= 4 is 28.6 Å². The third kappa shape index (κ3) is 5.64. The number of hydrogen-bond donors (Lipinski definition) is 1. The van der Waals surface area contributed by atoms with E-state index in [0.717, 1.165) is 19.3 Å². The van der Waals surface area contributed by atoms with Crippen molar-refractivity contribution in [2.45, 2.75) is 64.2 Å². The Bertz CT molecular complexity index is 914. The molecular weight excluding hydrogens is 398 g/mol. The lowest BCUT2D eigenvalue weighted by Crippen LogP contribution is -2.44. The Morgan fingerprint density at radius 1 is 1.30 bits per heavy atom. The molecule has 30 heavy (non-hydrogen) atoms. The number of carbonyl (C=O) groups excluding carboxylic acids is 1. The van der Waals surface area contributed by atoms with E-state index in [1.165, 1.54) is 18.2 Å². The molecule has 3 atom stereocenters. The molecule has 7 heteroatoms. The predicted octanol–water partition coefficient (Wildman–Crippen LogP) is 3.86. The van der Waals surface area contributed by atoms with Gasteiger partial charge in [0, 0.05) is 25.8 Å². The van der Waals surface area contributed by atoms with Crippen LogP contribution in [-0.4, -0.2) is 40.5 Å². The molecule has 0 spiro atoms. The van der Waals surface area contributed by atoms with Gasteiger partial charge in [0.1, 0.15) is 0 Å². The topological polar surface area (TPSA) is 73.2 Å². The van der Waals surface area contributed by atoms with Crippen LogP contribution in [0.3, 0.4) is 0 Å². The van der Waals surface area contributed by atoms with E-state index in [1.807, 2.05) is 25.1 Å². The molecule has 2 aromatic rings. The third-order valence-corrected chi connectivity index (χ3v) is 7.06. The van der Waals surface area contributed by atoms with Crippen LogP contribution in [0.4, 0.5) is 0 Å². The summed E-state index contributed by atoms with van der Waals surface area (Å²) in [6, 6.07) is 7.61. The Labute approximate surface area is 182 Å². The predicted molar refractivity (Wildman–Crippen MR) is 122 cm³/mol. The van der Waals surface area contributed by atoms with Gasteiger partial charge in [-0.1, -0.05) is 50.6 Å². The first-order valence-corrected chi connectivity index (χ1v) is 12.0. The Morgan fingerprint density at radius 2 is 2.10 bits per heavy atom. The highest BCUT2D eigenvalue weighted by Crippen LogP contribution is 2.29. The quantitative estimate of drug-likeness (QED) is 0.371. The first-order chi connectivity index (χ1) is 14.5. The normalized spacial score (nSPS) is 21.6. The number of thioether (sulfide) groups is 1. The largest absolute Gasteiger partial charge is 0.382 e. The zero-order chi connectivity index (χ0) is 21.5. The van der Waals surface area contributed by atoms with Crippen LogP contribution >= 0.6 is 11.8 Å². The molecule has 0 unspecified atom stereocenters. The molecule has 164 valence electrons. The van der Waals surface area contributed by atoms with Crippen molar-refractivity contribution in [3.05, 3.63) is 34.6 Å². The van der Waals surface area contributed by atoms with Gasteiger partial charge in [-0.3, -0.25) is 14.2 Å². The van der Waals surface area contributed by atoms with Crippen LogP contribution < -0.4 is 10.9 Å². The minimum atomic E-state index is -0.0604. The van der Waals surface area contributed by atoms with E-state index in [2.05, 4.69) is 24.1 Å². The Hall–Kier alpha value is -1.86. The number of ether oxygens (including phenoxy) is 1. The average Bonchev–Trinajstić information content (AvgIpc) is 2.74. The number of para-hydroxylation sites is 1. The second kappa shape index (κ2) is 11.0. The zero-order valence-corrected chi connectivity index (χ0v) is 19.0. The number of aromatic nitrogens is 2. The second-order valence-corrected chi connectivity index (χ2v) is 9.09. The number of nitrogens with zero attached hydrogens (tertiary/aromatic N) is 2. The van der Waals surface area contributed by atoms with Gasteiger partial charge < -0.3 is 10.1 Å². The number of hydrogen-bond acceptors (Lipinski definition) is 5. The highest BCUT2D eigenvalue weighted by Gasteiger charge is 2.28. The van der Waals surface area contributed by atoms with Gasteiger partial charge in [0.25, 0.3) is 5.56 Å². The summed E-state index contributed by atoms with van der Waals surface area (Å²) in [5, 5.41) is 4.40. The molecule has 1 aromatic carbocycles. The molecule has 1 aliphatic carbocycles. The minimum Gasteiger partial charge on any atom is -0.382 e. The monoisotopic (exact) mass is 431 g/mol. The molecule has 0 radical (unpaired) electrons. The van der Waals surface area contributed by atoms with Crippen molar-refractivity contribution in [1.82, 2.24) is 14.9 Å². The van der Waals surface area contributed by atoms with Gasteiger partial charge in [0.15, 0.2) is 5.16 Å². The van der Waals surface area contributed by atoms with E-state index in [1.54, 1.807) is 10.6 Å². The lowest BCUT2D eigenvalue weighted by molar-refractivity contribution is -0.120. The number of fused-ring (bicyclic) bond motifs is 1. The Kier molecular flexibility index (Phi) is 8.33. The van der Waals surface area contributed by atoms with Crippen LogP contribution in [0, 0.1) is 11.8 Å². The molecule has 1 N–H and O–H groups in total. The minimum absolute atomic E-state index is 0.00854. The van der Waals surface area contributed by atoms with Crippen LogP contribution in [0.2, 0.25) is 0 Å². The molecule has 1 heterocycles. The summed E-state index contributed by atoms with van der Waals surface area (Å²) in [6.07, 6.45) is 4.16. The molecule has 1 fully saturated rings. The molecule has 6 nitrogen and oxygen atoms in total. The fraction of sp³-hybridized carbons (Fsp3) is 0.609. The van der Waals surface area contributed by atoms with E-state index in [4.69, 9.17) is 4.74 Å². The third-order valence-electron chi connectivity index (χ3n) is 6.09. The van der Waals surface area contributed by atoms with Crippen LogP contribution in [0.25, 0.3) is 10.9 Å². The number of amides is 1. The molecular formula is C23H33N3O3S. The van der Waals surface area contributed by atoms with Crippen molar-refractivity contribution in [2.75, 3.05) is 19.0 Å². The van der Waals surface area contributed by atoms with Crippen LogP contribution in [0.1, 0.15) is 46.5 Å². The highest BCUT2D eigenvalue weighted by atomic mass is 32.2. The van der Waals surface area contributed by atoms with Crippen molar-refractivity contribution in [1.29, 1.82) is 0 Å². The van der Waals surface area contributed by atoms with Gasteiger partial charge in [0.2, 0.25) is 5.91 Å². The fourth-order valence-corrected chi connectivity index (χ4v) is 4.92. The summed E-state index contributed by atoms with van der Waals surface area (Å²) in [5.74, 6) is 1.39. The summed E-state index contributed by atoms with van der Waals surface area (Å²) in [4.78, 5) is 30.3. The first kappa shape index (κ1) is 22.8. The maximum Gasteiger partial charge on any atom is 0.262 e. The van der Waals surface area contributed by atoms with E-state index < -0.39 is 0 Å². The van der Waals surface area contributed by atoms with Gasteiger partial charge in [-0.2, -0.15) is 0 Å². The SMILES string of the molecule is CCOCCCn1c(SCC(=O)N[C@H]2CCC[C@@H](C)[C@@H]2C)nc2ccccc2c1=O. The summed E-state index contributed by atoms with van der Waals surface area (Å²) < 4.78 is 7.10. The van der Waals surface area contributed by atoms with Crippen LogP contribution in [-0.2, 0) is 16.1 Å². The van der Waals surface area contributed by atoms with Crippen molar-refractivity contribution < 1.29 is 9.53 Å². The summed E-state index contributed by atoms with van der Waals surface area (Å²) in [5.41, 5.74) is 0.607. The van der Waals surface area contributed by atoms with Crippen molar-refractivity contribution in [3.63, 3.8) is 0 Å². The van der Waals surface area contributed by atoms with Gasteiger partial charge in [0.05, 0.1) is 16.7 Å². The molecule has 3 rings (SSSR count). The summed E-state index contributed by atoms with van der Waals surface area (Å²) in [6.45, 7) is 8.22. The van der Waals surface area contributed by atoms with Crippen LogP contribution in [0.5, 0.6) is 0 Å². The average molecular weight is 432 g/mol. The fourth-order valence-electron chi connectivity index (χ4n) is 4.09. The van der Waals surface area contributed by atoms with E-state index in [9.17, 15) is 9.59 Å². The van der Waals surface area contributed by atoms with Crippen molar-refractivity contribution in [2.24, 2.45) is 11.8 Å². The van der Waals surface area contributed by atoms with Crippen LogP contribution in [0.15, 0.2) is 34.2 Å². The van der Waals surface area contributed by atoms with Gasteiger partial charge in [-0.25, -0.2) is 4.98 Å². The standard InChI is InChI=1S/C23H33N3O3S/c1-4-29-14-8-13-26-22(28)18-10-5-6-11-20(18)25-23(26)30-15-21(27)24-19-12-7-9-16(2)17(19)3/h5-6,10-11,16-17,19H,4,7-9,12-15H2,1-3H3,(H,24,27)/t16-,17+,19+/m1/s1. The molecule has 0 aliphatic heterocycles. The summed E-state index contributed by atoms with van der Waals surface area (Å²) in [7, 11) is 0. The number of rotatable bonds is 9.